The number of nitrogens with one attached hydrogen (secondary N) is 2. The number of thiol groups is 1. The van der Waals surface area contributed by atoms with Crippen molar-refractivity contribution in [2.75, 3.05) is 25.4 Å². The van der Waals surface area contributed by atoms with E-state index in [0.717, 1.165) is 0 Å². The average Bonchev–Trinajstić information content (AvgIpc) is 3.11. The minimum Gasteiger partial charge on any atom is -0.368 e. The van der Waals surface area contributed by atoms with E-state index in [0.29, 0.717) is 38.8 Å². The Bertz CT molecular complexity index is 532. The highest BCUT2D eigenvalue weighted by Gasteiger charge is 2.37. The quantitative estimate of drug-likeness (QED) is 0.218. The van der Waals surface area contributed by atoms with E-state index in [1.807, 2.05) is 0 Å². The highest BCUT2D eigenvalue weighted by atomic mass is 32.1. The van der Waals surface area contributed by atoms with Crippen LogP contribution in [-0.4, -0.2) is 72.0 Å². The largest absolute Gasteiger partial charge is 0.368 e. The van der Waals surface area contributed by atoms with Crippen LogP contribution in [0.1, 0.15) is 25.7 Å². The molecule has 0 saturated carbocycles. The van der Waals surface area contributed by atoms with Crippen LogP contribution in [0.5, 0.6) is 0 Å². The molecule has 0 unspecified atom stereocenters. The van der Waals surface area contributed by atoms with Gasteiger partial charge >= 0.3 is 0 Å². The molecule has 0 aromatic heterocycles. The first-order valence-electron chi connectivity index (χ1n) is 8.55. The minimum atomic E-state index is -0.860. The second-order valence-corrected chi connectivity index (χ2v) is 6.52. The Balaban J connectivity index is 2.75. The van der Waals surface area contributed by atoms with Crippen LogP contribution in [0, 0.1) is 0 Å². The van der Waals surface area contributed by atoms with E-state index in [-0.39, 0.29) is 18.2 Å². The Morgan fingerprint density at radius 3 is 2.54 bits per heavy atom. The molecule has 11 heteroatoms. The molecule has 4 amide bonds. The third-order valence-electron chi connectivity index (χ3n) is 4.12. The van der Waals surface area contributed by atoms with Crippen molar-refractivity contribution < 1.29 is 19.2 Å². The summed E-state index contributed by atoms with van der Waals surface area (Å²) in [5.74, 6) is -1.80. The molecule has 0 bridgehead atoms. The van der Waals surface area contributed by atoms with Crippen LogP contribution in [0.3, 0.4) is 0 Å². The number of rotatable bonds is 10. The van der Waals surface area contributed by atoms with E-state index in [4.69, 9.17) is 17.2 Å². The molecule has 0 radical (unpaired) electrons. The summed E-state index contributed by atoms with van der Waals surface area (Å²) in [5.41, 5.74) is 16.2. The second kappa shape index (κ2) is 11.0. The van der Waals surface area contributed by atoms with Gasteiger partial charge in [0.2, 0.25) is 23.6 Å². The fourth-order valence-electron chi connectivity index (χ4n) is 2.75. The van der Waals surface area contributed by atoms with Crippen molar-refractivity contribution >= 4 is 36.3 Å². The molecule has 1 saturated heterocycles. The molecule has 0 spiro atoms. The van der Waals surface area contributed by atoms with Crippen LogP contribution in [0.15, 0.2) is 0 Å². The first kappa shape index (κ1) is 22.2. The van der Waals surface area contributed by atoms with E-state index in [9.17, 15) is 19.2 Å². The van der Waals surface area contributed by atoms with Gasteiger partial charge in [0.1, 0.15) is 12.1 Å². The summed E-state index contributed by atoms with van der Waals surface area (Å²) in [6.07, 6.45) is 1.98. The van der Waals surface area contributed by atoms with E-state index in [1.54, 1.807) is 0 Å². The van der Waals surface area contributed by atoms with Crippen LogP contribution in [-0.2, 0) is 19.2 Å². The molecule has 10 nitrogen and oxygen atoms in total. The standard InChI is InChI=1S/C15H28N6O4S/c16-5-1-3-10(13(23)19-7-12(18)22)20-14(24)11-4-2-6-21(11)15(25)9(17)8-26/h9-11,26H,1-8,16-17H2,(H2,18,22)(H,19,23)(H,20,24)/t9-,10-,11-/m0/s1. The summed E-state index contributed by atoms with van der Waals surface area (Å²) < 4.78 is 0. The van der Waals surface area contributed by atoms with Crippen molar-refractivity contribution in [3.63, 3.8) is 0 Å². The van der Waals surface area contributed by atoms with E-state index in [2.05, 4.69) is 23.3 Å². The molecular weight excluding hydrogens is 360 g/mol. The maximum absolute atomic E-state index is 12.6. The first-order valence-corrected chi connectivity index (χ1v) is 9.18. The summed E-state index contributed by atoms with van der Waals surface area (Å²) in [7, 11) is 0. The van der Waals surface area contributed by atoms with Crippen LogP contribution in [0.2, 0.25) is 0 Å². The van der Waals surface area contributed by atoms with Crippen molar-refractivity contribution in [3.05, 3.63) is 0 Å². The van der Waals surface area contributed by atoms with Gasteiger partial charge in [-0.3, -0.25) is 19.2 Å². The number of primary amides is 1. The van der Waals surface area contributed by atoms with Gasteiger partial charge < -0.3 is 32.7 Å². The molecule has 8 N–H and O–H groups in total. The zero-order chi connectivity index (χ0) is 19.7. The lowest BCUT2D eigenvalue weighted by Gasteiger charge is -2.28. The number of carbonyl (C=O) groups is 4. The summed E-state index contributed by atoms with van der Waals surface area (Å²) in [6, 6.07) is -2.32. The lowest BCUT2D eigenvalue weighted by atomic mass is 10.1. The predicted molar refractivity (Wildman–Crippen MR) is 99.0 cm³/mol. The molecule has 1 heterocycles. The van der Waals surface area contributed by atoms with Crippen LogP contribution in [0.25, 0.3) is 0 Å². The molecule has 0 aromatic carbocycles. The number of hydrogen-bond acceptors (Lipinski definition) is 7. The van der Waals surface area contributed by atoms with Crippen molar-refractivity contribution in [1.82, 2.24) is 15.5 Å². The van der Waals surface area contributed by atoms with Gasteiger partial charge in [0.05, 0.1) is 12.6 Å². The van der Waals surface area contributed by atoms with Crippen molar-refractivity contribution in [2.24, 2.45) is 17.2 Å². The van der Waals surface area contributed by atoms with Gasteiger partial charge in [-0.2, -0.15) is 12.6 Å². The van der Waals surface area contributed by atoms with Gasteiger partial charge in [-0.15, -0.1) is 0 Å². The maximum atomic E-state index is 12.6. The summed E-state index contributed by atoms with van der Waals surface area (Å²) in [5, 5.41) is 5.02. The van der Waals surface area contributed by atoms with Crippen molar-refractivity contribution in [3.8, 4) is 0 Å². The summed E-state index contributed by atoms with van der Waals surface area (Å²) >= 11 is 4.01. The molecular formula is C15H28N6O4S. The molecule has 1 aliphatic rings. The number of nitrogens with zero attached hydrogens (tertiary/aromatic N) is 1. The Morgan fingerprint density at radius 2 is 1.96 bits per heavy atom. The number of likely N-dealkylation sites (tertiary alicyclic amines) is 1. The molecule has 1 fully saturated rings. The van der Waals surface area contributed by atoms with Gasteiger partial charge in [-0.25, -0.2) is 0 Å². The SMILES string of the molecule is NCCC[C@H](NC(=O)[C@@H]1CCCN1C(=O)[C@@H](N)CS)C(=O)NCC(N)=O. The molecule has 26 heavy (non-hydrogen) atoms. The van der Waals surface area contributed by atoms with Gasteiger partial charge in [-0.05, 0) is 32.2 Å². The van der Waals surface area contributed by atoms with Gasteiger partial charge in [-0.1, -0.05) is 0 Å². The summed E-state index contributed by atoms with van der Waals surface area (Å²) in [4.78, 5) is 49.3. The third-order valence-corrected chi connectivity index (χ3v) is 4.51. The Kier molecular flexibility index (Phi) is 9.38. The Morgan fingerprint density at radius 1 is 1.27 bits per heavy atom. The lowest BCUT2D eigenvalue weighted by molar-refractivity contribution is -0.140. The van der Waals surface area contributed by atoms with Gasteiger partial charge in [0.25, 0.3) is 0 Å². The zero-order valence-corrected chi connectivity index (χ0v) is 15.5. The fraction of sp³-hybridized carbons (Fsp3) is 0.733. The van der Waals surface area contributed by atoms with E-state index < -0.39 is 35.8 Å². The summed E-state index contributed by atoms with van der Waals surface area (Å²) in [6.45, 7) is 0.457. The van der Waals surface area contributed by atoms with Gasteiger partial charge in [0, 0.05) is 12.3 Å². The molecule has 1 aliphatic heterocycles. The van der Waals surface area contributed by atoms with Gasteiger partial charge in [0.15, 0.2) is 0 Å². The van der Waals surface area contributed by atoms with Crippen LogP contribution >= 0.6 is 12.6 Å². The second-order valence-electron chi connectivity index (χ2n) is 6.15. The molecule has 3 atom stereocenters. The fourth-order valence-corrected chi connectivity index (χ4v) is 2.91. The number of carbonyl (C=O) groups excluding carboxylic acids is 4. The van der Waals surface area contributed by atoms with E-state index >= 15 is 0 Å². The Hall–Kier alpha value is -1.85. The molecule has 0 aromatic rings. The molecule has 148 valence electrons. The average molecular weight is 388 g/mol. The minimum absolute atomic E-state index is 0.179. The molecule has 0 aliphatic carbocycles. The maximum Gasteiger partial charge on any atom is 0.243 e. The number of hydrogen-bond donors (Lipinski definition) is 6. The first-order chi connectivity index (χ1) is 12.3. The Labute approximate surface area is 158 Å². The highest BCUT2D eigenvalue weighted by Crippen LogP contribution is 2.19. The number of amides is 4. The van der Waals surface area contributed by atoms with Crippen LogP contribution in [0.4, 0.5) is 0 Å². The zero-order valence-electron chi connectivity index (χ0n) is 14.6. The van der Waals surface area contributed by atoms with Crippen molar-refractivity contribution in [1.29, 1.82) is 0 Å². The van der Waals surface area contributed by atoms with Crippen molar-refractivity contribution in [2.45, 2.75) is 43.8 Å². The molecule has 1 rings (SSSR count). The lowest BCUT2D eigenvalue weighted by Crippen LogP contribution is -2.55. The highest BCUT2D eigenvalue weighted by molar-refractivity contribution is 7.80. The normalized spacial score (nSPS) is 18.9. The third kappa shape index (κ3) is 6.46. The predicted octanol–water partition coefficient (Wildman–Crippen LogP) is -2.94. The smallest absolute Gasteiger partial charge is 0.243 e. The van der Waals surface area contributed by atoms with Crippen LogP contribution < -0.4 is 27.8 Å². The van der Waals surface area contributed by atoms with E-state index in [1.165, 1.54) is 4.90 Å². The number of nitrogens with two attached hydrogens (primary N) is 3. The topological polar surface area (TPSA) is 174 Å². The monoisotopic (exact) mass is 388 g/mol.